The highest BCUT2D eigenvalue weighted by Gasteiger charge is 2.38. The molecule has 0 spiro atoms. The Kier molecular flexibility index (Phi) is 4.09. The number of carbonyl (C=O) groups is 1. The predicted octanol–water partition coefficient (Wildman–Crippen LogP) is 2.99. The molecule has 0 radical (unpaired) electrons. The van der Waals surface area contributed by atoms with Gasteiger partial charge in [0.05, 0.1) is 24.3 Å². The lowest BCUT2D eigenvalue weighted by Gasteiger charge is -2.34. The van der Waals surface area contributed by atoms with Crippen LogP contribution < -0.4 is 4.74 Å². The third kappa shape index (κ3) is 2.87. The Hall–Kier alpha value is -1.26. The van der Waals surface area contributed by atoms with E-state index in [9.17, 15) is 4.79 Å². The van der Waals surface area contributed by atoms with E-state index in [0.29, 0.717) is 34.5 Å². The number of nitrogens with zero attached hydrogens (tertiary/aromatic N) is 1. The standard InChI is InChI=1S/C16H20ClNO3/c1-10-7-12-9-18(6-5-14(12)21-10)16(19)11-3-4-15(20-2)13(17)8-11/h3-4,8,10,12,14H,5-7,9H2,1-2H3/t10-,12-,14-/m1/s1. The number of hydrogen-bond donors (Lipinski definition) is 0. The van der Waals surface area contributed by atoms with Crippen molar-refractivity contribution in [2.45, 2.75) is 32.0 Å². The molecule has 0 saturated carbocycles. The lowest BCUT2D eigenvalue weighted by atomic mass is 9.92. The average molecular weight is 310 g/mol. The highest BCUT2D eigenvalue weighted by Crippen LogP contribution is 2.33. The normalized spacial score (nSPS) is 28.3. The number of likely N-dealkylation sites (tertiary alicyclic amines) is 1. The molecule has 2 aliphatic heterocycles. The molecule has 1 aromatic carbocycles. The van der Waals surface area contributed by atoms with Crippen LogP contribution in [0.4, 0.5) is 0 Å². The van der Waals surface area contributed by atoms with Gasteiger partial charge in [0, 0.05) is 24.6 Å². The summed E-state index contributed by atoms with van der Waals surface area (Å²) in [4.78, 5) is 14.5. The molecule has 1 amide bonds. The van der Waals surface area contributed by atoms with Gasteiger partial charge in [0.15, 0.2) is 0 Å². The van der Waals surface area contributed by atoms with Gasteiger partial charge < -0.3 is 14.4 Å². The van der Waals surface area contributed by atoms with E-state index in [0.717, 1.165) is 25.9 Å². The fourth-order valence-electron chi connectivity index (χ4n) is 3.36. The highest BCUT2D eigenvalue weighted by molar-refractivity contribution is 6.32. The molecule has 0 unspecified atom stereocenters. The minimum atomic E-state index is 0.0394. The summed E-state index contributed by atoms with van der Waals surface area (Å²) in [6.07, 6.45) is 2.59. The molecule has 3 atom stereocenters. The molecule has 2 heterocycles. The van der Waals surface area contributed by atoms with Gasteiger partial charge in [-0.25, -0.2) is 0 Å². The van der Waals surface area contributed by atoms with Crippen LogP contribution in [0.3, 0.4) is 0 Å². The minimum Gasteiger partial charge on any atom is -0.495 e. The number of carbonyl (C=O) groups excluding carboxylic acids is 1. The summed E-state index contributed by atoms with van der Waals surface area (Å²) in [5.41, 5.74) is 0.617. The Bertz CT molecular complexity index is 548. The van der Waals surface area contributed by atoms with Gasteiger partial charge >= 0.3 is 0 Å². The van der Waals surface area contributed by atoms with Crippen molar-refractivity contribution in [2.75, 3.05) is 20.2 Å². The maximum atomic E-state index is 12.6. The molecule has 2 fully saturated rings. The fourth-order valence-corrected chi connectivity index (χ4v) is 3.62. The molecule has 21 heavy (non-hydrogen) atoms. The zero-order chi connectivity index (χ0) is 15.0. The van der Waals surface area contributed by atoms with Crippen LogP contribution in [-0.4, -0.2) is 43.2 Å². The Morgan fingerprint density at radius 2 is 2.29 bits per heavy atom. The summed E-state index contributed by atoms with van der Waals surface area (Å²) >= 11 is 6.11. The van der Waals surface area contributed by atoms with E-state index in [1.54, 1.807) is 25.3 Å². The van der Waals surface area contributed by atoms with Crippen molar-refractivity contribution in [1.29, 1.82) is 0 Å². The predicted molar refractivity (Wildman–Crippen MR) is 81.0 cm³/mol. The molecule has 1 aromatic rings. The first kappa shape index (κ1) is 14.7. The second-order valence-corrected chi connectivity index (χ2v) is 6.28. The van der Waals surface area contributed by atoms with Gasteiger partial charge in [-0.15, -0.1) is 0 Å². The van der Waals surface area contributed by atoms with Gasteiger partial charge in [-0.3, -0.25) is 4.79 Å². The van der Waals surface area contributed by atoms with E-state index < -0.39 is 0 Å². The third-order valence-electron chi connectivity index (χ3n) is 4.39. The molecule has 0 N–H and O–H groups in total. The van der Waals surface area contributed by atoms with E-state index in [1.807, 2.05) is 4.90 Å². The first-order chi connectivity index (χ1) is 10.1. The van der Waals surface area contributed by atoms with Gasteiger partial charge in [0.2, 0.25) is 0 Å². The molecular weight excluding hydrogens is 290 g/mol. The Morgan fingerprint density at radius 1 is 1.48 bits per heavy atom. The summed E-state index contributed by atoms with van der Waals surface area (Å²) in [5.74, 6) is 1.09. The van der Waals surface area contributed by atoms with E-state index in [2.05, 4.69) is 6.92 Å². The molecule has 5 heteroatoms. The summed E-state index contributed by atoms with van der Waals surface area (Å²) in [5, 5.41) is 0.469. The zero-order valence-corrected chi connectivity index (χ0v) is 13.1. The number of methoxy groups -OCH3 is 1. The van der Waals surface area contributed by atoms with Gasteiger partial charge in [0.25, 0.3) is 5.91 Å². The van der Waals surface area contributed by atoms with Crippen LogP contribution in [0.25, 0.3) is 0 Å². The maximum absolute atomic E-state index is 12.6. The number of amides is 1. The first-order valence-electron chi connectivity index (χ1n) is 7.36. The van der Waals surface area contributed by atoms with Crippen molar-refractivity contribution in [1.82, 2.24) is 4.90 Å². The number of benzene rings is 1. The van der Waals surface area contributed by atoms with Gasteiger partial charge in [0.1, 0.15) is 5.75 Å². The van der Waals surface area contributed by atoms with E-state index >= 15 is 0 Å². The molecule has 114 valence electrons. The van der Waals surface area contributed by atoms with Crippen molar-refractivity contribution in [3.63, 3.8) is 0 Å². The summed E-state index contributed by atoms with van der Waals surface area (Å²) in [6, 6.07) is 5.19. The monoisotopic (exact) mass is 309 g/mol. The molecule has 2 aliphatic rings. The quantitative estimate of drug-likeness (QED) is 0.843. The van der Waals surface area contributed by atoms with Gasteiger partial charge in [-0.1, -0.05) is 11.6 Å². The maximum Gasteiger partial charge on any atom is 0.253 e. The number of halogens is 1. The molecule has 0 bridgehead atoms. The van der Waals surface area contributed by atoms with Crippen LogP contribution in [-0.2, 0) is 4.74 Å². The summed E-state index contributed by atoms with van der Waals surface area (Å²) < 4.78 is 11.0. The number of piperidine rings is 1. The average Bonchev–Trinajstić information content (AvgIpc) is 2.85. The molecule has 0 aliphatic carbocycles. The first-order valence-corrected chi connectivity index (χ1v) is 7.74. The lowest BCUT2D eigenvalue weighted by molar-refractivity contribution is 0.00865. The SMILES string of the molecule is COc1ccc(C(=O)N2CC[C@H]3O[C@H](C)C[C@@H]3C2)cc1Cl. The minimum absolute atomic E-state index is 0.0394. The van der Waals surface area contributed by atoms with E-state index in [1.165, 1.54) is 0 Å². The second-order valence-electron chi connectivity index (χ2n) is 5.87. The zero-order valence-electron chi connectivity index (χ0n) is 12.3. The van der Waals surface area contributed by atoms with Crippen LogP contribution in [0.15, 0.2) is 18.2 Å². The topological polar surface area (TPSA) is 38.8 Å². The van der Waals surface area contributed by atoms with E-state index in [-0.39, 0.29) is 5.91 Å². The third-order valence-corrected chi connectivity index (χ3v) is 4.69. The molecular formula is C16H20ClNO3. The van der Waals surface area contributed by atoms with Gasteiger partial charge in [-0.2, -0.15) is 0 Å². The molecule has 2 saturated heterocycles. The number of ether oxygens (including phenoxy) is 2. The molecule has 3 rings (SSSR count). The van der Waals surface area contributed by atoms with Crippen molar-refractivity contribution < 1.29 is 14.3 Å². The van der Waals surface area contributed by atoms with Crippen molar-refractivity contribution in [2.24, 2.45) is 5.92 Å². The van der Waals surface area contributed by atoms with Crippen molar-refractivity contribution in [3.05, 3.63) is 28.8 Å². The Morgan fingerprint density at radius 3 is 3.00 bits per heavy atom. The molecule has 0 aromatic heterocycles. The van der Waals surface area contributed by atoms with Crippen LogP contribution in [0.2, 0.25) is 5.02 Å². The number of fused-ring (bicyclic) bond motifs is 1. The van der Waals surface area contributed by atoms with Crippen LogP contribution >= 0.6 is 11.6 Å². The Balaban J connectivity index is 1.72. The smallest absolute Gasteiger partial charge is 0.253 e. The lowest BCUT2D eigenvalue weighted by Crippen LogP contribution is -2.44. The summed E-state index contributed by atoms with van der Waals surface area (Å²) in [6.45, 7) is 3.63. The van der Waals surface area contributed by atoms with Crippen molar-refractivity contribution >= 4 is 17.5 Å². The number of hydrogen-bond acceptors (Lipinski definition) is 3. The van der Waals surface area contributed by atoms with Crippen LogP contribution in [0.1, 0.15) is 30.1 Å². The van der Waals surface area contributed by atoms with Gasteiger partial charge in [-0.05, 0) is 38.0 Å². The molecule has 4 nitrogen and oxygen atoms in total. The van der Waals surface area contributed by atoms with Crippen molar-refractivity contribution in [3.8, 4) is 5.75 Å². The van der Waals surface area contributed by atoms with Crippen LogP contribution in [0.5, 0.6) is 5.75 Å². The van der Waals surface area contributed by atoms with Crippen LogP contribution in [0, 0.1) is 5.92 Å². The van der Waals surface area contributed by atoms with E-state index in [4.69, 9.17) is 21.1 Å². The summed E-state index contributed by atoms with van der Waals surface area (Å²) in [7, 11) is 1.56. The number of rotatable bonds is 2. The highest BCUT2D eigenvalue weighted by atomic mass is 35.5. The largest absolute Gasteiger partial charge is 0.495 e. The Labute approximate surface area is 130 Å². The second kappa shape index (κ2) is 5.85. The fraction of sp³-hybridized carbons (Fsp3) is 0.562.